The van der Waals surface area contributed by atoms with Crippen LogP contribution in [-0.2, 0) is 0 Å². The molecule has 4 aromatic rings. The standard InChI is InChI=1S/4C10H12O2.Pb/c4*1-7(2)8-3-5-9(6-4-8)10(11)12;/h4*3-7H,1-2H3,(H,11,12);/p-4. The van der Waals surface area contributed by atoms with Crippen molar-refractivity contribution in [3.05, 3.63) is 142 Å². The van der Waals surface area contributed by atoms with Crippen LogP contribution in [0, 0.1) is 0 Å². The van der Waals surface area contributed by atoms with E-state index >= 15 is 0 Å². The summed E-state index contributed by atoms with van der Waals surface area (Å²) in [5, 5.41) is 41.5. The van der Waals surface area contributed by atoms with Gasteiger partial charge >= 0.3 is 0 Å². The minimum absolute atomic E-state index is 0. The molecule has 260 valence electrons. The van der Waals surface area contributed by atoms with Crippen molar-refractivity contribution in [2.75, 3.05) is 0 Å². The Labute approximate surface area is 310 Å². The second-order valence-electron chi connectivity index (χ2n) is 12.3. The van der Waals surface area contributed by atoms with Crippen LogP contribution >= 0.6 is 0 Å². The first-order valence-electron chi connectivity index (χ1n) is 15.7. The van der Waals surface area contributed by atoms with E-state index in [0.717, 1.165) is 22.3 Å². The van der Waals surface area contributed by atoms with Crippen LogP contribution in [-0.4, -0.2) is 51.2 Å². The number of hydrogen-bond acceptors (Lipinski definition) is 8. The van der Waals surface area contributed by atoms with Crippen molar-refractivity contribution in [2.45, 2.75) is 79.1 Å². The summed E-state index contributed by atoms with van der Waals surface area (Å²) in [4.78, 5) is 41.5. The van der Waals surface area contributed by atoms with Crippen LogP contribution in [0.5, 0.6) is 0 Å². The van der Waals surface area contributed by atoms with Gasteiger partial charge in [-0.2, -0.15) is 0 Å². The second-order valence-corrected chi connectivity index (χ2v) is 12.3. The monoisotopic (exact) mass is 860 g/mol. The van der Waals surface area contributed by atoms with Gasteiger partial charge in [0, 0.05) is 27.3 Å². The molecule has 0 fully saturated rings. The molecule has 9 heteroatoms. The van der Waals surface area contributed by atoms with Crippen LogP contribution < -0.4 is 20.4 Å². The van der Waals surface area contributed by atoms with E-state index in [1.807, 2.05) is 48.5 Å². The summed E-state index contributed by atoms with van der Waals surface area (Å²) in [7, 11) is 0. The third-order valence-electron chi connectivity index (χ3n) is 7.25. The van der Waals surface area contributed by atoms with Gasteiger partial charge in [0.1, 0.15) is 0 Å². The number of carboxylic acids is 4. The molecule has 49 heavy (non-hydrogen) atoms. The molecule has 4 aromatic carbocycles. The Morgan fingerprint density at radius 3 is 0.531 bits per heavy atom. The smallest absolute Gasteiger partial charge is 0.0715 e. The molecule has 0 aromatic heterocycles. The van der Waals surface area contributed by atoms with Gasteiger partial charge in [0.15, 0.2) is 0 Å². The van der Waals surface area contributed by atoms with Gasteiger partial charge < -0.3 is 39.6 Å². The summed E-state index contributed by atoms with van der Waals surface area (Å²) < 4.78 is 0. The molecular weight excluding hydrogens is 816 g/mol. The zero-order valence-corrected chi connectivity index (χ0v) is 33.2. The predicted molar refractivity (Wildman–Crippen MR) is 185 cm³/mol. The molecule has 0 unspecified atom stereocenters. The summed E-state index contributed by atoms with van der Waals surface area (Å²) in [6.07, 6.45) is 0. The van der Waals surface area contributed by atoms with E-state index < -0.39 is 23.9 Å². The van der Waals surface area contributed by atoms with Gasteiger partial charge in [-0.25, -0.2) is 0 Å². The van der Waals surface area contributed by atoms with Gasteiger partial charge in [-0.3, -0.25) is 0 Å². The van der Waals surface area contributed by atoms with Crippen molar-refractivity contribution < 1.29 is 39.6 Å². The zero-order valence-electron chi connectivity index (χ0n) is 29.3. The summed E-state index contributed by atoms with van der Waals surface area (Å²) >= 11 is 0. The van der Waals surface area contributed by atoms with Crippen molar-refractivity contribution in [1.82, 2.24) is 0 Å². The van der Waals surface area contributed by atoms with Crippen LogP contribution in [0.4, 0.5) is 0 Å². The molecule has 0 saturated carbocycles. The zero-order chi connectivity index (χ0) is 36.6. The fraction of sp³-hybridized carbons (Fsp3) is 0.300. The van der Waals surface area contributed by atoms with Crippen molar-refractivity contribution in [3.8, 4) is 0 Å². The van der Waals surface area contributed by atoms with E-state index in [4.69, 9.17) is 0 Å². The average molecular weight is 860 g/mol. The molecule has 4 radical (unpaired) electrons. The average Bonchev–Trinajstić information content (AvgIpc) is 3.05. The fourth-order valence-corrected chi connectivity index (χ4v) is 4.02. The van der Waals surface area contributed by atoms with E-state index in [2.05, 4.69) is 55.4 Å². The van der Waals surface area contributed by atoms with Gasteiger partial charge in [-0.15, -0.1) is 0 Å². The fourth-order valence-electron chi connectivity index (χ4n) is 4.02. The maximum atomic E-state index is 10.4. The van der Waals surface area contributed by atoms with Crippen molar-refractivity contribution in [3.63, 3.8) is 0 Å². The Morgan fingerprint density at radius 2 is 0.449 bits per heavy atom. The summed E-state index contributed by atoms with van der Waals surface area (Å²) in [5.74, 6) is -2.76. The van der Waals surface area contributed by atoms with E-state index in [1.165, 1.54) is 0 Å². The molecule has 0 heterocycles. The topological polar surface area (TPSA) is 161 Å². The Kier molecular flexibility index (Phi) is 20.4. The van der Waals surface area contributed by atoms with E-state index in [0.29, 0.717) is 23.7 Å². The normalized spacial score (nSPS) is 10.0. The maximum absolute atomic E-state index is 10.4. The van der Waals surface area contributed by atoms with E-state index in [9.17, 15) is 39.6 Å². The molecule has 0 aliphatic heterocycles. The molecule has 0 saturated heterocycles. The summed E-state index contributed by atoms with van der Waals surface area (Å²) in [6, 6.07) is 27.1. The molecular formula is C40H44O8Pb-4. The van der Waals surface area contributed by atoms with Gasteiger partial charge in [0.05, 0.1) is 23.9 Å². The van der Waals surface area contributed by atoms with Gasteiger partial charge in [0.25, 0.3) is 0 Å². The Bertz CT molecular complexity index is 1340. The largest absolute Gasteiger partial charge is 0.545 e. The summed E-state index contributed by atoms with van der Waals surface area (Å²) in [6.45, 7) is 16.5. The third kappa shape index (κ3) is 16.6. The molecule has 0 aliphatic carbocycles. The van der Waals surface area contributed by atoms with Crippen molar-refractivity contribution in [1.29, 1.82) is 0 Å². The minimum atomic E-state index is -1.12. The second kappa shape index (κ2) is 22.3. The first kappa shape index (κ1) is 44.7. The van der Waals surface area contributed by atoms with Crippen LogP contribution in [0.25, 0.3) is 0 Å². The minimum Gasteiger partial charge on any atom is -0.545 e. The molecule has 0 N–H and O–H groups in total. The first-order chi connectivity index (χ1) is 22.4. The predicted octanol–water partition coefficient (Wildman–Crippen LogP) is 4.31. The van der Waals surface area contributed by atoms with Gasteiger partial charge in [-0.05, 0) is 68.2 Å². The number of carbonyl (C=O) groups excluding carboxylic acids is 4. The van der Waals surface area contributed by atoms with E-state index in [1.54, 1.807) is 48.5 Å². The quantitative estimate of drug-likeness (QED) is 0.237. The number of rotatable bonds is 8. The van der Waals surface area contributed by atoms with Crippen LogP contribution in [0.3, 0.4) is 0 Å². The Hall–Kier alpha value is -4.32. The number of aromatic carboxylic acids is 4. The summed E-state index contributed by atoms with van der Waals surface area (Å²) in [5.41, 5.74) is 5.50. The molecule has 4 rings (SSSR count). The number of carboxylic acid groups (broad SMARTS) is 4. The van der Waals surface area contributed by atoms with Crippen LogP contribution in [0.1, 0.15) is 143 Å². The molecule has 0 spiro atoms. The van der Waals surface area contributed by atoms with Crippen molar-refractivity contribution >= 4 is 51.2 Å². The van der Waals surface area contributed by atoms with E-state index in [-0.39, 0.29) is 49.6 Å². The molecule has 0 amide bonds. The Morgan fingerprint density at radius 1 is 0.327 bits per heavy atom. The molecule has 0 atom stereocenters. The van der Waals surface area contributed by atoms with Gasteiger partial charge in [0.2, 0.25) is 0 Å². The third-order valence-corrected chi connectivity index (χ3v) is 7.25. The number of hydrogen-bond donors (Lipinski definition) is 0. The van der Waals surface area contributed by atoms with Crippen LogP contribution in [0.15, 0.2) is 97.1 Å². The number of carbonyl (C=O) groups is 4. The number of benzene rings is 4. The van der Waals surface area contributed by atoms with Crippen LogP contribution in [0.2, 0.25) is 0 Å². The maximum Gasteiger partial charge on any atom is 0.0715 e. The first-order valence-corrected chi connectivity index (χ1v) is 15.7. The molecule has 0 bridgehead atoms. The molecule has 8 nitrogen and oxygen atoms in total. The SMILES string of the molecule is CC(C)c1ccc(C(=O)[O-])cc1.CC(C)c1ccc(C(=O)[O-])cc1.CC(C)c1ccc(C(=O)[O-])cc1.CC(C)c1ccc(C(=O)[O-])cc1.[Pb]. The Balaban J connectivity index is 0.000000623. The van der Waals surface area contributed by atoms with Gasteiger partial charge in [-0.1, -0.05) is 152 Å². The molecule has 0 aliphatic rings. The van der Waals surface area contributed by atoms with Crippen molar-refractivity contribution in [2.24, 2.45) is 0 Å².